The first kappa shape index (κ1) is 25.8. The topological polar surface area (TPSA) is 88.2 Å². The molecule has 34 heavy (non-hydrogen) atoms. The summed E-state index contributed by atoms with van der Waals surface area (Å²) in [5.74, 6) is 0.698. The van der Waals surface area contributed by atoms with Crippen LogP contribution < -0.4 is 14.8 Å². The molecule has 1 amide bonds. The highest BCUT2D eigenvalue weighted by molar-refractivity contribution is 7.89. The minimum Gasteiger partial charge on any atom is -0.497 e. The number of amides is 1. The normalized spacial score (nSPS) is 16.0. The number of anilines is 1. The molecule has 12 heteroatoms. The minimum atomic E-state index is -4.64. The summed E-state index contributed by atoms with van der Waals surface area (Å²) in [4.78, 5) is 14.0. The third kappa shape index (κ3) is 6.19. The second kappa shape index (κ2) is 10.6. The van der Waals surface area contributed by atoms with Crippen LogP contribution in [-0.2, 0) is 21.0 Å². The van der Waals surface area contributed by atoms with Gasteiger partial charge < -0.3 is 14.8 Å². The standard InChI is InChI=1S/C22H26F3N3O5S/c1-32-17-7-8-19(20(14-17)33-2)26-21(29)15-27-9-4-10-28(12-11-27)34(30,31)18-6-3-5-16(13-18)22(23,24)25/h3,5-8,13-14H,4,9-12,15H2,1-2H3,(H,26,29). The highest BCUT2D eigenvalue weighted by Crippen LogP contribution is 2.31. The van der Waals surface area contributed by atoms with Gasteiger partial charge in [-0.25, -0.2) is 8.42 Å². The number of hydrogen-bond donors (Lipinski definition) is 1. The van der Waals surface area contributed by atoms with E-state index >= 15 is 0 Å². The van der Waals surface area contributed by atoms with Gasteiger partial charge in [0.15, 0.2) is 0 Å². The maximum absolute atomic E-state index is 13.0. The van der Waals surface area contributed by atoms with Gasteiger partial charge in [-0.1, -0.05) is 6.07 Å². The number of nitrogens with zero attached hydrogens (tertiary/aromatic N) is 2. The summed E-state index contributed by atoms with van der Waals surface area (Å²) in [5.41, 5.74) is -0.549. The Bertz CT molecular complexity index is 1130. The summed E-state index contributed by atoms with van der Waals surface area (Å²) >= 11 is 0. The highest BCUT2D eigenvalue weighted by Gasteiger charge is 2.33. The molecule has 0 bridgehead atoms. The lowest BCUT2D eigenvalue weighted by Crippen LogP contribution is -2.38. The number of methoxy groups -OCH3 is 2. The van der Waals surface area contributed by atoms with Gasteiger partial charge in [-0.05, 0) is 43.3 Å². The van der Waals surface area contributed by atoms with E-state index in [1.807, 2.05) is 0 Å². The number of halogens is 3. The number of benzene rings is 2. The summed E-state index contributed by atoms with van der Waals surface area (Å²) in [6, 6.07) is 8.69. The molecule has 0 atom stereocenters. The maximum Gasteiger partial charge on any atom is 0.416 e. The average molecular weight is 502 g/mol. The van der Waals surface area contributed by atoms with Crippen molar-refractivity contribution in [3.63, 3.8) is 0 Å². The minimum absolute atomic E-state index is 0.0205. The van der Waals surface area contributed by atoms with Gasteiger partial charge in [0.2, 0.25) is 15.9 Å². The van der Waals surface area contributed by atoms with Gasteiger partial charge >= 0.3 is 6.18 Å². The Hall–Kier alpha value is -2.83. The Morgan fingerprint density at radius 1 is 1.03 bits per heavy atom. The molecule has 2 aromatic rings. The van der Waals surface area contributed by atoms with Gasteiger partial charge in [-0.3, -0.25) is 9.69 Å². The van der Waals surface area contributed by atoms with Crippen LogP contribution in [0, 0.1) is 0 Å². The second-order valence-corrected chi connectivity index (χ2v) is 9.61. The molecule has 1 fully saturated rings. The van der Waals surface area contributed by atoms with Crippen molar-refractivity contribution in [1.82, 2.24) is 9.21 Å². The van der Waals surface area contributed by atoms with E-state index in [1.165, 1.54) is 14.2 Å². The van der Waals surface area contributed by atoms with Gasteiger partial charge in [0.05, 0.1) is 36.9 Å². The molecule has 8 nitrogen and oxygen atoms in total. The number of alkyl halides is 3. The highest BCUT2D eigenvalue weighted by atomic mass is 32.2. The summed E-state index contributed by atoms with van der Waals surface area (Å²) in [7, 11) is -1.12. The van der Waals surface area contributed by atoms with Gasteiger partial charge in [0, 0.05) is 25.7 Å². The molecule has 2 aromatic carbocycles. The van der Waals surface area contributed by atoms with Crippen LogP contribution in [0.5, 0.6) is 11.5 Å². The van der Waals surface area contributed by atoms with Crippen LogP contribution in [0.3, 0.4) is 0 Å². The van der Waals surface area contributed by atoms with Crippen molar-refractivity contribution in [2.45, 2.75) is 17.5 Å². The molecule has 3 rings (SSSR count). The fourth-order valence-electron chi connectivity index (χ4n) is 3.62. The molecule has 1 N–H and O–H groups in total. The largest absolute Gasteiger partial charge is 0.497 e. The third-order valence-electron chi connectivity index (χ3n) is 5.40. The summed E-state index contributed by atoms with van der Waals surface area (Å²) in [6.45, 7) is 0.931. The molecule has 1 heterocycles. The lowest BCUT2D eigenvalue weighted by molar-refractivity contribution is -0.137. The molecule has 0 aliphatic carbocycles. The molecular weight excluding hydrogens is 475 g/mol. The van der Waals surface area contributed by atoms with Crippen molar-refractivity contribution in [2.75, 3.05) is 52.3 Å². The summed E-state index contributed by atoms with van der Waals surface area (Å²) in [6.07, 6.45) is -4.21. The van der Waals surface area contributed by atoms with E-state index in [0.717, 1.165) is 22.5 Å². The van der Waals surface area contributed by atoms with E-state index in [2.05, 4.69) is 5.32 Å². The van der Waals surface area contributed by atoms with Crippen LogP contribution in [-0.4, -0.2) is 70.5 Å². The molecule has 1 aliphatic rings. The van der Waals surface area contributed by atoms with Crippen molar-refractivity contribution >= 4 is 21.6 Å². The Kier molecular flexibility index (Phi) is 8.05. The number of sulfonamides is 1. The number of ether oxygens (including phenoxy) is 2. The fourth-order valence-corrected chi connectivity index (χ4v) is 5.14. The molecule has 0 saturated carbocycles. The Morgan fingerprint density at radius 3 is 2.47 bits per heavy atom. The van der Waals surface area contributed by atoms with Crippen molar-refractivity contribution in [3.05, 3.63) is 48.0 Å². The summed E-state index contributed by atoms with van der Waals surface area (Å²) < 4.78 is 76.5. The van der Waals surface area contributed by atoms with E-state index in [-0.39, 0.29) is 32.1 Å². The number of hydrogen-bond acceptors (Lipinski definition) is 6. The van der Waals surface area contributed by atoms with Gasteiger partial charge in [-0.15, -0.1) is 0 Å². The molecule has 0 aromatic heterocycles. The van der Waals surface area contributed by atoms with Crippen LogP contribution in [0.15, 0.2) is 47.4 Å². The number of carbonyl (C=O) groups is 1. The number of nitrogens with one attached hydrogen (secondary N) is 1. The van der Waals surface area contributed by atoms with Crippen molar-refractivity contribution in [2.24, 2.45) is 0 Å². The quantitative estimate of drug-likeness (QED) is 0.628. The van der Waals surface area contributed by atoms with Crippen LogP contribution >= 0.6 is 0 Å². The van der Waals surface area contributed by atoms with E-state index in [0.29, 0.717) is 36.2 Å². The van der Waals surface area contributed by atoms with E-state index in [9.17, 15) is 26.4 Å². The Balaban J connectivity index is 1.63. The van der Waals surface area contributed by atoms with Crippen LogP contribution in [0.1, 0.15) is 12.0 Å². The van der Waals surface area contributed by atoms with Crippen molar-refractivity contribution in [3.8, 4) is 11.5 Å². The van der Waals surface area contributed by atoms with Crippen LogP contribution in [0.4, 0.5) is 18.9 Å². The Labute approximate surface area is 196 Å². The van der Waals surface area contributed by atoms with Crippen LogP contribution in [0.25, 0.3) is 0 Å². The number of rotatable bonds is 7. The fraction of sp³-hybridized carbons (Fsp3) is 0.409. The summed E-state index contributed by atoms with van der Waals surface area (Å²) in [5, 5.41) is 2.77. The number of carbonyl (C=O) groups excluding carboxylic acids is 1. The van der Waals surface area contributed by atoms with Crippen molar-refractivity contribution in [1.29, 1.82) is 0 Å². The predicted molar refractivity (Wildman–Crippen MR) is 119 cm³/mol. The molecule has 0 radical (unpaired) electrons. The van der Waals surface area contributed by atoms with E-state index in [1.54, 1.807) is 23.1 Å². The van der Waals surface area contributed by atoms with Gasteiger partial charge in [0.1, 0.15) is 11.5 Å². The average Bonchev–Trinajstić information content (AvgIpc) is 3.05. The van der Waals surface area contributed by atoms with Crippen LogP contribution in [0.2, 0.25) is 0 Å². The smallest absolute Gasteiger partial charge is 0.416 e. The van der Waals surface area contributed by atoms with Gasteiger partial charge in [-0.2, -0.15) is 17.5 Å². The third-order valence-corrected chi connectivity index (χ3v) is 7.29. The monoisotopic (exact) mass is 501 g/mol. The zero-order valence-corrected chi connectivity index (χ0v) is 19.6. The molecular formula is C22H26F3N3O5S. The molecule has 0 unspecified atom stereocenters. The van der Waals surface area contributed by atoms with Gasteiger partial charge in [0.25, 0.3) is 0 Å². The first-order chi connectivity index (χ1) is 16.0. The maximum atomic E-state index is 13.0. The Morgan fingerprint density at radius 2 is 1.79 bits per heavy atom. The molecule has 1 aliphatic heterocycles. The van der Waals surface area contributed by atoms with E-state index in [4.69, 9.17) is 9.47 Å². The zero-order chi connectivity index (χ0) is 24.9. The molecule has 186 valence electrons. The molecule has 1 saturated heterocycles. The molecule has 0 spiro atoms. The lowest BCUT2D eigenvalue weighted by atomic mass is 10.2. The van der Waals surface area contributed by atoms with E-state index < -0.39 is 26.7 Å². The predicted octanol–water partition coefficient (Wildman–Crippen LogP) is 3.06. The first-order valence-corrected chi connectivity index (χ1v) is 11.9. The van der Waals surface area contributed by atoms with Crippen molar-refractivity contribution < 1.29 is 35.9 Å². The SMILES string of the molecule is COc1ccc(NC(=O)CN2CCCN(S(=O)(=O)c3cccc(C(F)(F)F)c3)CC2)c(OC)c1. The zero-order valence-electron chi connectivity index (χ0n) is 18.8. The first-order valence-electron chi connectivity index (χ1n) is 10.5. The second-order valence-electron chi connectivity index (χ2n) is 7.67. The lowest BCUT2D eigenvalue weighted by Gasteiger charge is -2.22.